The van der Waals surface area contributed by atoms with Gasteiger partial charge in [-0.2, -0.15) is 0 Å². The van der Waals surface area contributed by atoms with Gasteiger partial charge >= 0.3 is 5.97 Å². The van der Waals surface area contributed by atoms with Crippen molar-refractivity contribution >= 4 is 5.97 Å². The van der Waals surface area contributed by atoms with Gasteiger partial charge in [-0.25, -0.2) is 4.79 Å². The van der Waals surface area contributed by atoms with Crippen LogP contribution in [0.1, 0.15) is 40.5 Å². The van der Waals surface area contributed by atoms with E-state index in [0.29, 0.717) is 6.61 Å². The molecular formula is C19H26O5. The topological polar surface area (TPSA) is 68.3 Å². The number of carbonyl (C=O) groups is 1. The van der Waals surface area contributed by atoms with Crippen LogP contribution in [0.3, 0.4) is 0 Å². The molecule has 0 aromatic rings. The molecule has 0 aromatic carbocycles. The molecule has 2 saturated heterocycles. The van der Waals surface area contributed by atoms with E-state index < -0.39 is 35.3 Å². The van der Waals surface area contributed by atoms with E-state index in [1.165, 1.54) is 11.6 Å². The highest BCUT2D eigenvalue weighted by Crippen LogP contribution is 2.71. The number of hydrogen-bond donors (Lipinski definition) is 1. The molecule has 132 valence electrons. The Balaban J connectivity index is 1.80. The molecule has 3 fully saturated rings. The van der Waals surface area contributed by atoms with Gasteiger partial charge in [-0.05, 0) is 26.7 Å². The fourth-order valence-electron chi connectivity index (χ4n) is 5.37. The third-order valence-corrected chi connectivity index (χ3v) is 7.11. The second-order valence-electron chi connectivity index (χ2n) is 8.14. The SMILES string of the molecule is CC=CC(=O)O[C@@H]1[C@@H](O)[C@H]2O[C@@H]3C=C(C)CC[C@]3(C)[C@]1(C)[C@]21CO1. The van der Waals surface area contributed by atoms with E-state index in [-0.39, 0.29) is 11.5 Å². The number of aliphatic hydroxyl groups excluding tert-OH is 1. The molecule has 1 saturated carbocycles. The summed E-state index contributed by atoms with van der Waals surface area (Å²) in [4.78, 5) is 12.1. The Morgan fingerprint density at radius 3 is 2.79 bits per heavy atom. The highest BCUT2D eigenvalue weighted by atomic mass is 16.6. The van der Waals surface area contributed by atoms with Gasteiger partial charge in [0.25, 0.3) is 0 Å². The van der Waals surface area contributed by atoms with Crippen LogP contribution in [0, 0.1) is 10.8 Å². The van der Waals surface area contributed by atoms with Crippen LogP contribution in [-0.4, -0.2) is 47.7 Å². The van der Waals surface area contributed by atoms with Crippen molar-refractivity contribution in [3.63, 3.8) is 0 Å². The Morgan fingerprint density at radius 2 is 2.17 bits per heavy atom. The van der Waals surface area contributed by atoms with Gasteiger partial charge in [0.05, 0.1) is 12.7 Å². The number of ether oxygens (including phenoxy) is 3. The summed E-state index contributed by atoms with van der Waals surface area (Å²) >= 11 is 0. The molecule has 2 aliphatic heterocycles. The van der Waals surface area contributed by atoms with Gasteiger partial charge in [0.1, 0.15) is 23.9 Å². The Kier molecular flexibility index (Phi) is 3.35. The highest BCUT2D eigenvalue weighted by Gasteiger charge is 2.84. The van der Waals surface area contributed by atoms with E-state index >= 15 is 0 Å². The van der Waals surface area contributed by atoms with Crippen molar-refractivity contribution in [3.8, 4) is 0 Å². The second-order valence-corrected chi connectivity index (χ2v) is 8.14. The molecule has 2 heterocycles. The monoisotopic (exact) mass is 334 g/mol. The van der Waals surface area contributed by atoms with Crippen LogP contribution in [0.4, 0.5) is 0 Å². The van der Waals surface area contributed by atoms with Gasteiger partial charge in [0.2, 0.25) is 0 Å². The minimum atomic E-state index is -0.872. The highest BCUT2D eigenvalue weighted by molar-refractivity contribution is 5.82. The van der Waals surface area contributed by atoms with Gasteiger partial charge in [0.15, 0.2) is 0 Å². The third-order valence-electron chi connectivity index (χ3n) is 7.11. The lowest BCUT2D eigenvalue weighted by atomic mass is 9.52. The van der Waals surface area contributed by atoms with Crippen LogP contribution in [-0.2, 0) is 19.0 Å². The smallest absolute Gasteiger partial charge is 0.330 e. The third kappa shape index (κ3) is 1.73. The molecule has 2 aliphatic carbocycles. The molecule has 1 spiro atoms. The Morgan fingerprint density at radius 1 is 1.46 bits per heavy atom. The minimum absolute atomic E-state index is 0.0869. The summed E-state index contributed by atoms with van der Waals surface area (Å²) in [6.07, 6.45) is 5.09. The van der Waals surface area contributed by atoms with E-state index in [2.05, 4.69) is 26.8 Å². The number of allylic oxidation sites excluding steroid dienone is 2. The predicted octanol–water partition coefficient (Wildman–Crippen LogP) is 2.14. The van der Waals surface area contributed by atoms with E-state index in [1.54, 1.807) is 13.0 Å². The molecule has 7 atom stereocenters. The van der Waals surface area contributed by atoms with Gasteiger partial charge in [-0.3, -0.25) is 0 Å². The van der Waals surface area contributed by atoms with Crippen LogP contribution < -0.4 is 0 Å². The summed E-state index contributed by atoms with van der Waals surface area (Å²) in [6, 6.07) is 0. The number of aliphatic hydroxyl groups is 1. The first-order valence-electron chi connectivity index (χ1n) is 8.78. The van der Waals surface area contributed by atoms with Crippen molar-refractivity contribution in [2.75, 3.05) is 6.61 Å². The zero-order valence-electron chi connectivity index (χ0n) is 14.7. The lowest BCUT2D eigenvalue weighted by Gasteiger charge is -2.57. The Labute approximate surface area is 142 Å². The lowest BCUT2D eigenvalue weighted by Crippen LogP contribution is -2.63. The van der Waals surface area contributed by atoms with Crippen LogP contribution in [0.5, 0.6) is 0 Å². The largest absolute Gasteiger partial charge is 0.456 e. The molecule has 2 bridgehead atoms. The number of rotatable bonds is 2. The summed E-state index contributed by atoms with van der Waals surface area (Å²) in [6.45, 7) is 8.74. The average Bonchev–Trinajstić information content (AvgIpc) is 3.30. The number of epoxide rings is 1. The van der Waals surface area contributed by atoms with Crippen LogP contribution in [0.2, 0.25) is 0 Å². The molecule has 0 aromatic heterocycles. The van der Waals surface area contributed by atoms with Gasteiger partial charge in [-0.15, -0.1) is 0 Å². The van der Waals surface area contributed by atoms with Crippen molar-refractivity contribution in [3.05, 3.63) is 23.8 Å². The lowest BCUT2D eigenvalue weighted by molar-refractivity contribution is -0.210. The first-order chi connectivity index (χ1) is 11.3. The van der Waals surface area contributed by atoms with Crippen LogP contribution in [0.25, 0.3) is 0 Å². The number of fused-ring (bicyclic) bond motifs is 2. The predicted molar refractivity (Wildman–Crippen MR) is 87.2 cm³/mol. The average molecular weight is 334 g/mol. The maximum Gasteiger partial charge on any atom is 0.330 e. The summed E-state index contributed by atoms with van der Waals surface area (Å²) in [5.41, 5.74) is 0.0295. The fraction of sp³-hybridized carbons (Fsp3) is 0.737. The van der Waals surface area contributed by atoms with Crippen molar-refractivity contribution in [1.29, 1.82) is 0 Å². The van der Waals surface area contributed by atoms with E-state index in [1.807, 2.05) is 0 Å². The molecule has 0 radical (unpaired) electrons. The summed E-state index contributed by atoms with van der Waals surface area (Å²) in [5, 5.41) is 10.9. The Hall–Kier alpha value is -1.17. The molecule has 5 nitrogen and oxygen atoms in total. The Bertz CT molecular complexity index is 634. The first kappa shape index (κ1) is 16.3. The molecule has 24 heavy (non-hydrogen) atoms. The summed E-state index contributed by atoms with van der Waals surface area (Å²) in [7, 11) is 0. The quantitative estimate of drug-likeness (QED) is 0.363. The zero-order chi connectivity index (χ0) is 17.3. The standard InChI is InChI=1S/C19H26O5/c1-5-6-13(20)24-15-14(21)16-19(10-22-19)18(15,4)17(3)8-7-11(2)9-12(17)23-16/h5-6,9,12,14-16,21H,7-8,10H2,1-4H3/t12-,14-,15-,16-,17+,18-,19+/m1/s1. The molecule has 0 unspecified atom stereocenters. The molecule has 0 amide bonds. The molecule has 5 heteroatoms. The first-order valence-corrected chi connectivity index (χ1v) is 8.78. The van der Waals surface area contributed by atoms with Crippen molar-refractivity contribution in [2.24, 2.45) is 10.8 Å². The number of esters is 1. The van der Waals surface area contributed by atoms with Gasteiger partial charge < -0.3 is 19.3 Å². The molecule has 4 rings (SSSR count). The normalized spacial score (nSPS) is 52.3. The molecule has 1 N–H and O–H groups in total. The van der Waals surface area contributed by atoms with Gasteiger partial charge in [0, 0.05) is 16.9 Å². The van der Waals surface area contributed by atoms with E-state index in [9.17, 15) is 9.90 Å². The fourth-order valence-corrected chi connectivity index (χ4v) is 5.37. The van der Waals surface area contributed by atoms with E-state index in [4.69, 9.17) is 14.2 Å². The van der Waals surface area contributed by atoms with E-state index in [0.717, 1.165) is 12.8 Å². The van der Waals surface area contributed by atoms with Crippen molar-refractivity contribution < 1.29 is 24.1 Å². The number of carbonyl (C=O) groups excluding carboxylic acids is 1. The van der Waals surface area contributed by atoms with Crippen LogP contribution >= 0.6 is 0 Å². The summed E-state index contributed by atoms with van der Waals surface area (Å²) < 4.78 is 18.0. The second kappa shape index (κ2) is 4.93. The minimum Gasteiger partial charge on any atom is -0.456 e. The summed E-state index contributed by atoms with van der Waals surface area (Å²) in [5.74, 6) is -0.422. The maximum atomic E-state index is 12.1. The molecular weight excluding hydrogens is 308 g/mol. The van der Waals surface area contributed by atoms with Crippen LogP contribution in [0.15, 0.2) is 23.8 Å². The van der Waals surface area contributed by atoms with Crippen molar-refractivity contribution in [1.82, 2.24) is 0 Å². The maximum absolute atomic E-state index is 12.1. The zero-order valence-corrected chi connectivity index (χ0v) is 14.7. The van der Waals surface area contributed by atoms with Crippen molar-refractivity contribution in [2.45, 2.75) is 70.6 Å². The van der Waals surface area contributed by atoms with Gasteiger partial charge in [-0.1, -0.05) is 31.6 Å². The number of hydrogen-bond acceptors (Lipinski definition) is 5. The molecule has 4 aliphatic rings.